The van der Waals surface area contributed by atoms with Gasteiger partial charge in [0.25, 0.3) is 0 Å². The van der Waals surface area contributed by atoms with E-state index < -0.39 is 23.5 Å². The molecule has 2 aromatic heterocycles. The monoisotopic (exact) mass is 747 g/mol. The quantitative estimate of drug-likeness (QED) is 0.197. The summed E-state index contributed by atoms with van der Waals surface area (Å²) >= 11 is 0. The normalized spacial score (nSPS) is 16.3. The molecule has 13 heteroatoms. The van der Waals surface area contributed by atoms with Gasteiger partial charge in [-0.05, 0) is 56.2 Å². The van der Waals surface area contributed by atoms with Crippen LogP contribution in [-0.4, -0.2) is 55.6 Å². The molecule has 0 saturated heterocycles. The highest BCUT2D eigenvalue weighted by molar-refractivity contribution is 5.83. The molecule has 1 N–H and O–H groups in total. The Kier molecular flexibility index (Phi) is 10.5. The van der Waals surface area contributed by atoms with Gasteiger partial charge in [0.1, 0.15) is 12.2 Å². The number of quaternary nitrogens is 1. The van der Waals surface area contributed by atoms with E-state index in [4.69, 9.17) is 6.57 Å². The van der Waals surface area contributed by atoms with E-state index >= 15 is 0 Å². The third kappa shape index (κ3) is 7.32. The minimum atomic E-state index is -4.63. The average molecular weight is 749 g/mol. The van der Waals surface area contributed by atoms with Gasteiger partial charge in [-0.2, -0.15) is 18.3 Å². The highest BCUT2D eigenvalue weighted by atomic mass is 79.9. The van der Waals surface area contributed by atoms with E-state index in [1.165, 1.54) is 28.6 Å². The van der Waals surface area contributed by atoms with Crippen molar-refractivity contribution < 1.29 is 39.4 Å². The Bertz CT molecular complexity index is 2070. The van der Waals surface area contributed by atoms with Crippen molar-refractivity contribution >= 4 is 11.7 Å². The Morgan fingerprint density at radius 1 is 0.960 bits per heavy atom. The number of hydrogen-bond donors (Lipinski definition) is 1. The Hall–Kier alpha value is -4.93. The number of alkyl halides is 3. The Morgan fingerprint density at radius 2 is 1.64 bits per heavy atom. The summed E-state index contributed by atoms with van der Waals surface area (Å²) in [5.74, 6) is 0. The van der Waals surface area contributed by atoms with E-state index in [1.54, 1.807) is 37.3 Å². The van der Waals surface area contributed by atoms with Gasteiger partial charge >= 0.3 is 17.9 Å². The SMILES string of the molecule is [Br-].[C-]#[N+]c1ccc(-n2nccc2-c2c(C)n(-c3cccc(C(F)(F)F)c3)c(=O)n2C(=O)NC2CCC([N+](C)(C)Cc3ccccc3)CC2)cc1. The van der Waals surface area contributed by atoms with Crippen LogP contribution in [0.1, 0.15) is 42.5 Å². The van der Waals surface area contributed by atoms with Crippen LogP contribution in [-0.2, 0) is 12.7 Å². The number of nitrogens with zero attached hydrogens (tertiary/aromatic N) is 6. The van der Waals surface area contributed by atoms with Crippen LogP contribution in [0.2, 0.25) is 0 Å². The van der Waals surface area contributed by atoms with Crippen molar-refractivity contribution in [3.8, 4) is 22.8 Å². The molecule has 50 heavy (non-hydrogen) atoms. The second-order valence-corrected chi connectivity index (χ2v) is 13.1. The number of halogens is 4. The zero-order valence-electron chi connectivity index (χ0n) is 27.9. The zero-order valence-corrected chi connectivity index (χ0v) is 29.4. The third-order valence-electron chi connectivity index (χ3n) is 9.47. The molecule has 6 rings (SSSR count). The Balaban J connectivity index is 0.00000486. The first kappa shape index (κ1) is 36.4. The first-order chi connectivity index (χ1) is 23.4. The lowest BCUT2D eigenvalue weighted by atomic mass is 9.89. The van der Waals surface area contributed by atoms with Gasteiger partial charge in [0.2, 0.25) is 0 Å². The third-order valence-corrected chi connectivity index (χ3v) is 9.47. The standard InChI is InChI=1S/C37H36F3N7O2.BrH/c1-25-34(33-21-22-42-46(33)30-17-13-28(41-2)14-18-30)45(36(49)44(25)31-12-8-11-27(23-31)37(38,39)40)35(48)43-29-15-19-32(20-16-29)47(3,4)24-26-9-6-5-7-10-26;/h5-14,17-18,21-23,29,32H,15-16,19-20,24H2,1,3-4H3;1H. The lowest BCUT2D eigenvalue weighted by Gasteiger charge is -2.42. The number of rotatable bonds is 7. The van der Waals surface area contributed by atoms with Gasteiger partial charge in [-0.25, -0.2) is 23.7 Å². The summed E-state index contributed by atoms with van der Waals surface area (Å²) in [5.41, 5.74) is 1.39. The number of carbonyl (C=O) groups is 1. The van der Waals surface area contributed by atoms with Gasteiger partial charge in [0, 0.05) is 24.4 Å². The zero-order chi connectivity index (χ0) is 34.9. The molecule has 0 spiro atoms. The molecule has 0 bridgehead atoms. The summed E-state index contributed by atoms with van der Waals surface area (Å²) in [6, 6.07) is 22.7. The number of imidazole rings is 1. The van der Waals surface area contributed by atoms with Crippen molar-refractivity contribution in [2.75, 3.05) is 14.1 Å². The largest absolute Gasteiger partial charge is 1.00 e. The number of nitrogens with one attached hydrogen (secondary N) is 1. The second-order valence-electron chi connectivity index (χ2n) is 13.1. The smallest absolute Gasteiger partial charge is 0.416 e. The van der Waals surface area contributed by atoms with E-state index in [0.717, 1.165) is 58.0 Å². The maximum Gasteiger partial charge on any atom is 0.416 e. The molecule has 5 aromatic rings. The maximum absolute atomic E-state index is 14.2. The van der Waals surface area contributed by atoms with Crippen LogP contribution < -0.4 is 28.0 Å². The van der Waals surface area contributed by atoms with Gasteiger partial charge < -0.3 is 26.8 Å². The summed E-state index contributed by atoms with van der Waals surface area (Å²) in [6.07, 6.45) is 0.0851. The van der Waals surface area contributed by atoms with Crippen LogP contribution in [0, 0.1) is 13.5 Å². The van der Waals surface area contributed by atoms with Crippen molar-refractivity contribution in [2.45, 2.75) is 57.4 Å². The molecular formula is C37H37BrF3N7O2. The number of aromatic nitrogens is 4. The van der Waals surface area contributed by atoms with Crippen molar-refractivity contribution in [1.82, 2.24) is 24.2 Å². The number of hydrogen-bond acceptors (Lipinski definition) is 3. The van der Waals surface area contributed by atoms with Gasteiger partial charge in [-0.15, -0.1) is 0 Å². The predicted molar refractivity (Wildman–Crippen MR) is 181 cm³/mol. The molecular weight excluding hydrogens is 711 g/mol. The van der Waals surface area contributed by atoms with Crippen LogP contribution in [0.15, 0.2) is 95.9 Å². The van der Waals surface area contributed by atoms with Gasteiger partial charge in [-0.1, -0.05) is 48.5 Å². The van der Waals surface area contributed by atoms with Crippen LogP contribution in [0.4, 0.5) is 23.7 Å². The number of carbonyl (C=O) groups excluding carboxylic acids is 1. The summed E-state index contributed by atoms with van der Waals surface area (Å²) in [6.45, 7) is 9.75. The molecule has 3 aromatic carbocycles. The molecule has 260 valence electrons. The van der Waals surface area contributed by atoms with Crippen molar-refractivity contribution in [2.24, 2.45) is 0 Å². The molecule has 2 heterocycles. The first-order valence-electron chi connectivity index (χ1n) is 16.1. The topological polar surface area (TPSA) is 78.2 Å². The maximum atomic E-state index is 14.2. The van der Waals surface area contributed by atoms with Gasteiger partial charge in [0.05, 0.1) is 61.2 Å². The van der Waals surface area contributed by atoms with E-state index in [1.807, 2.05) is 18.2 Å². The number of amides is 1. The molecule has 0 radical (unpaired) electrons. The predicted octanol–water partition coefficient (Wildman–Crippen LogP) is 4.52. The highest BCUT2D eigenvalue weighted by Crippen LogP contribution is 2.33. The van der Waals surface area contributed by atoms with Gasteiger partial charge in [-0.3, -0.25) is 4.57 Å². The second kappa shape index (κ2) is 14.5. The van der Waals surface area contributed by atoms with E-state index in [0.29, 0.717) is 23.1 Å². The summed E-state index contributed by atoms with van der Waals surface area (Å²) in [4.78, 5) is 31.7. The minimum Gasteiger partial charge on any atom is -1.00 e. The molecule has 1 aliphatic rings. The highest BCUT2D eigenvalue weighted by Gasteiger charge is 2.35. The van der Waals surface area contributed by atoms with Gasteiger partial charge in [0.15, 0.2) is 5.69 Å². The molecule has 1 saturated carbocycles. The fourth-order valence-electron chi connectivity index (χ4n) is 6.92. The molecule has 9 nitrogen and oxygen atoms in total. The van der Waals surface area contributed by atoms with Crippen molar-refractivity contribution in [1.29, 1.82) is 0 Å². The lowest BCUT2D eigenvalue weighted by Crippen LogP contribution is -3.00. The first-order valence-corrected chi connectivity index (χ1v) is 16.1. The molecule has 1 fully saturated rings. The molecule has 1 amide bonds. The van der Waals surface area contributed by atoms with Crippen LogP contribution in [0.25, 0.3) is 27.6 Å². The fraction of sp³-hybridized carbons (Fsp3) is 0.297. The molecule has 0 unspecified atom stereocenters. The fourth-order valence-corrected chi connectivity index (χ4v) is 6.92. The van der Waals surface area contributed by atoms with Crippen molar-refractivity contribution in [3.63, 3.8) is 0 Å². The summed E-state index contributed by atoms with van der Waals surface area (Å²) < 4.78 is 45.6. The van der Waals surface area contributed by atoms with Crippen LogP contribution >= 0.6 is 0 Å². The number of benzene rings is 3. The van der Waals surface area contributed by atoms with Crippen molar-refractivity contribution in [3.05, 3.63) is 130 Å². The van der Waals surface area contributed by atoms with E-state index in [-0.39, 0.29) is 40.1 Å². The summed E-state index contributed by atoms with van der Waals surface area (Å²) in [5, 5.41) is 7.49. The minimum absolute atomic E-state index is 0. The molecule has 0 aliphatic heterocycles. The molecule has 1 aliphatic carbocycles. The molecule has 0 atom stereocenters. The van der Waals surface area contributed by atoms with Crippen LogP contribution in [0.5, 0.6) is 0 Å². The lowest BCUT2D eigenvalue weighted by molar-refractivity contribution is -0.929. The van der Waals surface area contributed by atoms with E-state index in [9.17, 15) is 22.8 Å². The van der Waals surface area contributed by atoms with Crippen LogP contribution in [0.3, 0.4) is 0 Å². The Morgan fingerprint density at radius 3 is 2.28 bits per heavy atom. The summed E-state index contributed by atoms with van der Waals surface area (Å²) in [7, 11) is 4.44. The Labute approximate surface area is 298 Å². The average Bonchev–Trinajstić information content (AvgIpc) is 3.66. The van der Waals surface area contributed by atoms with E-state index in [2.05, 4.69) is 41.5 Å².